The number of benzene rings is 1. The third-order valence-electron chi connectivity index (χ3n) is 4.02. The zero-order valence-corrected chi connectivity index (χ0v) is 13.9. The maximum absolute atomic E-state index is 12.9. The number of hydrogen-bond donors (Lipinski definition) is 0. The quantitative estimate of drug-likeness (QED) is 0.614. The molecule has 0 fully saturated rings. The second kappa shape index (κ2) is 5.65. The number of hydrogen-bond acceptors (Lipinski definition) is 1. The molecule has 0 aliphatic carbocycles. The Morgan fingerprint density at radius 2 is 1.75 bits per heavy atom. The van der Waals surface area contributed by atoms with Crippen molar-refractivity contribution in [3.63, 3.8) is 0 Å². The molecular formula is C19H19F3N2. The van der Waals surface area contributed by atoms with Crippen molar-refractivity contribution in [2.75, 3.05) is 0 Å². The van der Waals surface area contributed by atoms with Crippen LogP contribution in [0.5, 0.6) is 0 Å². The fourth-order valence-electron chi connectivity index (χ4n) is 2.90. The van der Waals surface area contributed by atoms with Crippen molar-refractivity contribution in [3.05, 3.63) is 65.5 Å². The lowest BCUT2D eigenvalue weighted by molar-refractivity contribution is -0.137. The van der Waals surface area contributed by atoms with Gasteiger partial charge in [0.05, 0.1) is 5.56 Å². The lowest BCUT2D eigenvalue weighted by Crippen LogP contribution is -2.18. The molecule has 0 aliphatic rings. The monoisotopic (exact) mass is 332 g/mol. The van der Waals surface area contributed by atoms with Crippen LogP contribution in [0.15, 0.2) is 48.7 Å². The van der Waals surface area contributed by atoms with Crippen molar-refractivity contribution in [1.29, 1.82) is 0 Å². The van der Waals surface area contributed by atoms with Crippen molar-refractivity contribution in [2.24, 2.45) is 0 Å². The summed E-state index contributed by atoms with van der Waals surface area (Å²) in [4.78, 5) is 4.42. The van der Waals surface area contributed by atoms with E-state index in [1.165, 1.54) is 12.1 Å². The number of nitrogens with zero attached hydrogens (tertiary/aromatic N) is 2. The first-order valence-corrected chi connectivity index (χ1v) is 7.77. The summed E-state index contributed by atoms with van der Waals surface area (Å²) in [6, 6.07) is 11.4. The van der Waals surface area contributed by atoms with Crippen LogP contribution in [0.3, 0.4) is 0 Å². The number of fused-ring (bicyclic) bond motifs is 1. The summed E-state index contributed by atoms with van der Waals surface area (Å²) in [5.41, 5.74) is 1.69. The molecule has 0 saturated carbocycles. The lowest BCUT2D eigenvalue weighted by atomic mass is 9.92. The third kappa shape index (κ3) is 3.16. The van der Waals surface area contributed by atoms with Gasteiger partial charge in [-0.15, -0.1) is 0 Å². The molecule has 1 aromatic carbocycles. The summed E-state index contributed by atoms with van der Waals surface area (Å²) in [5.74, 6) is 0. The topological polar surface area (TPSA) is 17.8 Å². The standard InChI is InChI=1S/C19H19F3N2/c1-18(2,3)16-11-14-7-5-9-23-17(14)24(16)12-13-6-4-8-15(10-13)19(20,21)22/h4-11H,12H2,1-3H3. The summed E-state index contributed by atoms with van der Waals surface area (Å²) in [6.07, 6.45) is -2.63. The molecule has 126 valence electrons. The Morgan fingerprint density at radius 1 is 1.00 bits per heavy atom. The number of pyridine rings is 1. The smallest absolute Gasteiger partial charge is 0.325 e. The SMILES string of the molecule is CC(C)(C)c1cc2cccnc2n1Cc1cccc(C(F)(F)F)c1. The van der Waals surface area contributed by atoms with Gasteiger partial charge in [0, 0.05) is 29.2 Å². The molecular weight excluding hydrogens is 313 g/mol. The Balaban J connectivity index is 2.10. The molecule has 0 aliphatic heterocycles. The fraction of sp³-hybridized carbons (Fsp3) is 0.316. The van der Waals surface area contributed by atoms with Crippen LogP contribution in [-0.4, -0.2) is 9.55 Å². The Bertz CT molecular complexity index is 870. The van der Waals surface area contributed by atoms with Crippen LogP contribution in [0.25, 0.3) is 11.0 Å². The normalized spacial score (nSPS) is 12.8. The van der Waals surface area contributed by atoms with Gasteiger partial charge >= 0.3 is 6.18 Å². The van der Waals surface area contributed by atoms with E-state index in [0.717, 1.165) is 22.8 Å². The molecule has 2 nitrogen and oxygen atoms in total. The summed E-state index contributed by atoms with van der Waals surface area (Å²) in [7, 11) is 0. The van der Waals surface area contributed by atoms with E-state index in [0.29, 0.717) is 12.1 Å². The van der Waals surface area contributed by atoms with Crippen LogP contribution in [0.4, 0.5) is 13.2 Å². The van der Waals surface area contributed by atoms with E-state index in [2.05, 4.69) is 31.8 Å². The number of rotatable bonds is 2. The van der Waals surface area contributed by atoms with Crippen molar-refractivity contribution >= 4 is 11.0 Å². The van der Waals surface area contributed by atoms with Crippen molar-refractivity contribution in [2.45, 2.75) is 38.9 Å². The first-order chi connectivity index (χ1) is 11.2. The number of halogens is 3. The van der Waals surface area contributed by atoms with Crippen LogP contribution in [0, 0.1) is 0 Å². The highest BCUT2D eigenvalue weighted by Crippen LogP contribution is 2.32. The zero-order chi connectivity index (χ0) is 17.5. The van der Waals surface area contributed by atoms with Crippen molar-refractivity contribution in [1.82, 2.24) is 9.55 Å². The Labute approximate surface area is 138 Å². The Kier molecular flexibility index (Phi) is 3.90. The van der Waals surface area contributed by atoms with E-state index >= 15 is 0 Å². The average Bonchev–Trinajstić information content (AvgIpc) is 2.86. The second-order valence-corrected chi connectivity index (χ2v) is 6.98. The van der Waals surface area contributed by atoms with E-state index in [1.54, 1.807) is 12.3 Å². The summed E-state index contributed by atoms with van der Waals surface area (Å²) < 4.78 is 40.9. The van der Waals surface area contributed by atoms with Gasteiger partial charge in [0.2, 0.25) is 0 Å². The van der Waals surface area contributed by atoms with Crippen LogP contribution in [-0.2, 0) is 18.1 Å². The largest absolute Gasteiger partial charge is 0.416 e. The third-order valence-corrected chi connectivity index (χ3v) is 4.02. The highest BCUT2D eigenvalue weighted by Gasteiger charge is 2.30. The fourth-order valence-corrected chi connectivity index (χ4v) is 2.90. The molecule has 24 heavy (non-hydrogen) atoms. The van der Waals surface area contributed by atoms with Gasteiger partial charge < -0.3 is 4.57 Å². The minimum absolute atomic E-state index is 0.137. The van der Waals surface area contributed by atoms with Crippen LogP contribution >= 0.6 is 0 Å². The summed E-state index contributed by atoms with van der Waals surface area (Å²) in [5, 5.41) is 0.995. The summed E-state index contributed by atoms with van der Waals surface area (Å²) in [6.45, 7) is 6.62. The van der Waals surface area contributed by atoms with Gasteiger partial charge in [0.1, 0.15) is 5.65 Å². The van der Waals surface area contributed by atoms with Gasteiger partial charge in [-0.2, -0.15) is 13.2 Å². The molecule has 0 radical (unpaired) electrons. The molecule has 0 amide bonds. The van der Waals surface area contributed by atoms with Crippen molar-refractivity contribution < 1.29 is 13.2 Å². The highest BCUT2D eigenvalue weighted by atomic mass is 19.4. The first kappa shape index (κ1) is 16.6. The predicted octanol–water partition coefficient (Wildman–Crippen LogP) is 5.40. The van der Waals surface area contributed by atoms with Gasteiger partial charge in [0.15, 0.2) is 0 Å². The molecule has 2 aromatic heterocycles. The van der Waals surface area contributed by atoms with Gasteiger partial charge in [0.25, 0.3) is 0 Å². The average molecular weight is 332 g/mol. The van der Waals surface area contributed by atoms with E-state index in [1.807, 2.05) is 16.7 Å². The van der Waals surface area contributed by atoms with E-state index < -0.39 is 11.7 Å². The highest BCUT2D eigenvalue weighted by molar-refractivity contribution is 5.77. The van der Waals surface area contributed by atoms with Gasteiger partial charge in [-0.1, -0.05) is 32.9 Å². The lowest BCUT2D eigenvalue weighted by Gasteiger charge is -2.22. The van der Waals surface area contributed by atoms with Crippen LogP contribution < -0.4 is 0 Å². The second-order valence-electron chi connectivity index (χ2n) is 6.98. The van der Waals surface area contributed by atoms with E-state index in [-0.39, 0.29) is 5.41 Å². The minimum atomic E-state index is -4.33. The maximum Gasteiger partial charge on any atom is 0.416 e. The Hall–Kier alpha value is -2.30. The van der Waals surface area contributed by atoms with Crippen LogP contribution in [0.1, 0.15) is 37.6 Å². The first-order valence-electron chi connectivity index (χ1n) is 7.77. The van der Waals surface area contributed by atoms with Crippen LogP contribution in [0.2, 0.25) is 0 Å². The molecule has 3 aromatic rings. The summed E-state index contributed by atoms with van der Waals surface area (Å²) >= 11 is 0. The van der Waals surface area contributed by atoms with Gasteiger partial charge in [-0.25, -0.2) is 4.98 Å². The minimum Gasteiger partial charge on any atom is -0.325 e. The molecule has 0 spiro atoms. The predicted molar refractivity (Wildman–Crippen MR) is 89.0 cm³/mol. The number of aromatic nitrogens is 2. The molecule has 0 saturated heterocycles. The molecule has 3 rings (SSSR count). The van der Waals surface area contributed by atoms with E-state index in [4.69, 9.17) is 0 Å². The molecule has 2 heterocycles. The van der Waals surface area contributed by atoms with Gasteiger partial charge in [-0.05, 0) is 35.9 Å². The molecule has 0 unspecified atom stereocenters. The zero-order valence-electron chi connectivity index (χ0n) is 13.9. The maximum atomic E-state index is 12.9. The molecule has 0 bridgehead atoms. The van der Waals surface area contributed by atoms with Crippen molar-refractivity contribution in [3.8, 4) is 0 Å². The Morgan fingerprint density at radius 3 is 2.42 bits per heavy atom. The number of alkyl halides is 3. The molecule has 5 heteroatoms. The molecule has 0 N–H and O–H groups in total. The molecule has 0 atom stereocenters. The van der Waals surface area contributed by atoms with E-state index in [9.17, 15) is 13.2 Å². The van der Waals surface area contributed by atoms with Gasteiger partial charge in [-0.3, -0.25) is 0 Å².